The van der Waals surface area contributed by atoms with Crippen LogP contribution >= 0.6 is 0 Å². The maximum absolute atomic E-state index is 13.8. The number of nitrogens with one attached hydrogen (secondary N) is 2. The Morgan fingerprint density at radius 3 is 2.16 bits per heavy atom. The molecule has 8 rings (SSSR count). The van der Waals surface area contributed by atoms with Gasteiger partial charge in [-0.15, -0.1) is 0 Å². The number of rotatable bonds is 14. The van der Waals surface area contributed by atoms with Gasteiger partial charge < -0.3 is 34.3 Å². The quantitative estimate of drug-likeness (QED) is 0.108. The summed E-state index contributed by atoms with van der Waals surface area (Å²) in [7, 11) is -3.97. The molecule has 0 bridgehead atoms. The van der Waals surface area contributed by atoms with Crippen LogP contribution in [-0.2, 0) is 53.3 Å². The smallest absolute Gasteiger partial charge is 0.241 e. The van der Waals surface area contributed by atoms with Gasteiger partial charge in [-0.05, 0) is 71.0 Å². The van der Waals surface area contributed by atoms with Crippen molar-refractivity contribution >= 4 is 15.9 Å². The van der Waals surface area contributed by atoms with E-state index in [9.17, 15) is 18.3 Å². The van der Waals surface area contributed by atoms with E-state index in [1.54, 1.807) is 24.3 Å². The van der Waals surface area contributed by atoms with Crippen LogP contribution in [0.5, 0.6) is 0 Å². The molecule has 3 fully saturated rings. The molecule has 0 radical (unpaired) electrons. The molecule has 3 N–H and O–H groups in total. The van der Waals surface area contributed by atoms with Gasteiger partial charge >= 0.3 is 0 Å². The molecule has 1 spiro atoms. The molecule has 5 aromatic carbocycles. The van der Waals surface area contributed by atoms with Gasteiger partial charge in [-0.3, -0.25) is 4.79 Å². The Hall–Kier alpha value is -4.76. The van der Waals surface area contributed by atoms with Gasteiger partial charge in [0.2, 0.25) is 15.9 Å². The maximum Gasteiger partial charge on any atom is 0.241 e. The highest BCUT2D eigenvalue weighted by atomic mass is 32.2. The summed E-state index contributed by atoms with van der Waals surface area (Å²) < 4.78 is 55.1. The van der Waals surface area contributed by atoms with E-state index in [1.165, 1.54) is 0 Å². The molecular formula is C49H55N3O8S. The standard InChI is InChI=1S/C49H55N3O8S/c1-34-14-20-43(21-15-34)61(55,56)51-44(29-36-8-4-3-5-9-36)47(54)50-31-38-10-6-11-40(28-38)41-12-7-13-42(30-41)48-59-45(32-52-24-22-49(23-25-52)57-26-27-58-49)35(2)46(60-48)39-18-16-37(33-53)17-19-39/h3-21,28,30,35,44-46,48,51,53H,22-27,29,31-33H2,1-2H3,(H,50,54)/t35-,44+,45+,46+,48+/m0/s1. The molecule has 3 aliphatic heterocycles. The molecule has 0 aliphatic carbocycles. The van der Waals surface area contributed by atoms with E-state index in [-0.39, 0.29) is 42.6 Å². The fourth-order valence-electron chi connectivity index (χ4n) is 8.49. The topological polar surface area (TPSA) is 136 Å². The number of amides is 1. The number of nitrogens with zero attached hydrogens (tertiary/aromatic N) is 1. The number of carbonyl (C=O) groups is 1. The minimum atomic E-state index is -3.97. The molecular weight excluding hydrogens is 791 g/mol. The lowest BCUT2D eigenvalue weighted by Gasteiger charge is -2.44. The Labute approximate surface area is 359 Å². The van der Waals surface area contributed by atoms with E-state index in [0.29, 0.717) is 13.2 Å². The number of carbonyl (C=O) groups excluding carboxylic acids is 1. The summed E-state index contributed by atoms with van der Waals surface area (Å²) in [5.74, 6) is -0.826. The zero-order chi connectivity index (χ0) is 42.4. The number of hydrogen-bond acceptors (Lipinski definition) is 9. The van der Waals surface area contributed by atoms with Gasteiger partial charge in [0.15, 0.2) is 12.1 Å². The number of aliphatic hydroxyl groups is 1. The third kappa shape index (κ3) is 10.5. The molecule has 0 unspecified atom stereocenters. The fourth-order valence-corrected chi connectivity index (χ4v) is 9.69. The van der Waals surface area contributed by atoms with Gasteiger partial charge in [0, 0.05) is 50.5 Å². The number of aryl methyl sites for hydroxylation is 1. The Kier molecular flexibility index (Phi) is 13.4. The van der Waals surface area contributed by atoms with Crippen molar-refractivity contribution in [3.05, 3.63) is 161 Å². The van der Waals surface area contributed by atoms with Crippen LogP contribution in [0.4, 0.5) is 0 Å². The SMILES string of the molecule is Cc1ccc(S(=O)(=O)N[C@H](Cc2ccccc2)C(=O)NCc2cccc(-c3cccc([C@@H]4O[C@H](CN5CCC6(CC5)OCCO6)[C@H](C)[C@H](c5ccc(CO)cc5)O4)c3)c2)cc1. The zero-order valence-electron chi connectivity index (χ0n) is 34.7. The van der Waals surface area contributed by atoms with Gasteiger partial charge in [0.25, 0.3) is 0 Å². The molecule has 320 valence electrons. The lowest BCUT2D eigenvalue weighted by atomic mass is 9.89. The van der Waals surface area contributed by atoms with Crippen LogP contribution in [0.15, 0.2) is 132 Å². The van der Waals surface area contributed by atoms with Crippen molar-refractivity contribution in [2.45, 2.75) is 81.5 Å². The van der Waals surface area contributed by atoms with E-state index in [1.807, 2.05) is 104 Å². The first-order valence-corrected chi connectivity index (χ1v) is 22.7. The summed E-state index contributed by atoms with van der Waals surface area (Å²) in [4.78, 5) is 16.3. The number of hydrogen-bond donors (Lipinski definition) is 3. The zero-order valence-corrected chi connectivity index (χ0v) is 35.6. The molecule has 5 atom stereocenters. The highest BCUT2D eigenvalue weighted by Gasteiger charge is 2.43. The molecule has 0 saturated carbocycles. The number of sulfonamides is 1. The summed E-state index contributed by atoms with van der Waals surface area (Å²) in [5.41, 5.74) is 7.31. The van der Waals surface area contributed by atoms with Gasteiger partial charge in [-0.1, -0.05) is 116 Å². The van der Waals surface area contributed by atoms with Crippen molar-refractivity contribution < 1.29 is 37.3 Å². The Morgan fingerprint density at radius 1 is 0.787 bits per heavy atom. The first-order chi connectivity index (χ1) is 29.6. The van der Waals surface area contributed by atoms with Gasteiger partial charge in [-0.2, -0.15) is 4.72 Å². The summed E-state index contributed by atoms with van der Waals surface area (Å²) in [6, 6.07) is 39.0. The minimum absolute atomic E-state index is 0.0230. The van der Waals surface area contributed by atoms with Crippen LogP contribution in [0, 0.1) is 12.8 Å². The highest BCUT2D eigenvalue weighted by molar-refractivity contribution is 7.89. The summed E-state index contributed by atoms with van der Waals surface area (Å²) in [6.45, 7) is 8.01. The Balaban J connectivity index is 0.979. The molecule has 11 nitrogen and oxygen atoms in total. The van der Waals surface area contributed by atoms with E-state index in [2.05, 4.69) is 27.9 Å². The van der Waals surface area contributed by atoms with Crippen LogP contribution in [0.1, 0.15) is 65.5 Å². The van der Waals surface area contributed by atoms with Crippen molar-refractivity contribution in [1.29, 1.82) is 0 Å². The number of aliphatic hydroxyl groups excluding tert-OH is 1. The van der Waals surface area contributed by atoms with Crippen LogP contribution in [0.2, 0.25) is 0 Å². The third-order valence-electron chi connectivity index (χ3n) is 12.1. The highest BCUT2D eigenvalue weighted by Crippen LogP contribution is 2.43. The van der Waals surface area contributed by atoms with E-state index >= 15 is 0 Å². The Morgan fingerprint density at radius 2 is 1.46 bits per heavy atom. The molecule has 12 heteroatoms. The molecule has 3 heterocycles. The van der Waals surface area contributed by atoms with Gasteiger partial charge in [0.05, 0.1) is 36.9 Å². The molecule has 5 aromatic rings. The summed E-state index contributed by atoms with van der Waals surface area (Å²) in [6.07, 6.45) is 0.847. The summed E-state index contributed by atoms with van der Waals surface area (Å²) >= 11 is 0. The first kappa shape index (κ1) is 42.9. The normalized spacial score (nSPS) is 22.2. The second-order valence-corrected chi connectivity index (χ2v) is 18.2. The van der Waals surface area contributed by atoms with E-state index in [0.717, 1.165) is 77.0 Å². The molecule has 3 aliphatic rings. The van der Waals surface area contributed by atoms with Crippen molar-refractivity contribution in [3.63, 3.8) is 0 Å². The maximum atomic E-state index is 13.8. The first-order valence-electron chi connectivity index (χ1n) is 21.2. The fraction of sp³-hybridized carbons (Fsp3) is 0.367. The van der Waals surface area contributed by atoms with Crippen molar-refractivity contribution in [2.75, 3.05) is 32.8 Å². The predicted octanol–water partition coefficient (Wildman–Crippen LogP) is 6.99. The largest absolute Gasteiger partial charge is 0.392 e. The average Bonchev–Trinajstić information content (AvgIpc) is 3.75. The van der Waals surface area contributed by atoms with Crippen LogP contribution < -0.4 is 10.0 Å². The Bertz CT molecular complexity index is 2340. The lowest BCUT2D eigenvalue weighted by molar-refractivity contribution is -0.278. The van der Waals surface area contributed by atoms with Gasteiger partial charge in [0.1, 0.15) is 6.04 Å². The number of ether oxygens (including phenoxy) is 4. The molecule has 0 aromatic heterocycles. The van der Waals surface area contributed by atoms with E-state index in [4.69, 9.17) is 18.9 Å². The molecule has 3 saturated heterocycles. The second kappa shape index (κ2) is 19.1. The number of likely N-dealkylation sites (tertiary alicyclic amines) is 1. The predicted molar refractivity (Wildman–Crippen MR) is 232 cm³/mol. The molecule has 61 heavy (non-hydrogen) atoms. The van der Waals surface area contributed by atoms with Crippen LogP contribution in [0.3, 0.4) is 0 Å². The summed E-state index contributed by atoms with van der Waals surface area (Å²) in [5, 5.41) is 12.7. The number of piperidine rings is 1. The number of benzene rings is 5. The van der Waals surface area contributed by atoms with Crippen molar-refractivity contribution in [3.8, 4) is 11.1 Å². The molecule has 1 amide bonds. The lowest BCUT2D eigenvalue weighted by Crippen LogP contribution is -2.50. The second-order valence-electron chi connectivity index (χ2n) is 16.5. The van der Waals surface area contributed by atoms with Crippen molar-refractivity contribution in [1.82, 2.24) is 14.9 Å². The minimum Gasteiger partial charge on any atom is -0.392 e. The van der Waals surface area contributed by atoms with Crippen LogP contribution in [0.25, 0.3) is 11.1 Å². The van der Waals surface area contributed by atoms with Gasteiger partial charge in [-0.25, -0.2) is 8.42 Å². The average molecular weight is 846 g/mol. The van der Waals surface area contributed by atoms with Crippen LogP contribution in [-0.4, -0.2) is 75.1 Å². The van der Waals surface area contributed by atoms with E-state index < -0.39 is 34.0 Å². The monoisotopic (exact) mass is 845 g/mol. The third-order valence-corrected chi connectivity index (χ3v) is 13.6. The van der Waals surface area contributed by atoms with Crippen molar-refractivity contribution in [2.24, 2.45) is 5.92 Å².